The van der Waals surface area contributed by atoms with Gasteiger partial charge >= 0.3 is 0 Å². The summed E-state index contributed by atoms with van der Waals surface area (Å²) in [5.41, 5.74) is 6.28. The highest BCUT2D eigenvalue weighted by Gasteiger charge is 2.50. The molecule has 2 aliphatic heterocycles. The van der Waals surface area contributed by atoms with Crippen LogP contribution in [0.25, 0.3) is 0 Å². The number of sulfonamides is 1. The van der Waals surface area contributed by atoms with Crippen LogP contribution in [0, 0.1) is 0 Å². The largest absolute Gasteiger partial charge is 0.360 e. The molecule has 2 saturated heterocycles. The van der Waals surface area contributed by atoms with E-state index in [0.717, 1.165) is 44.3 Å². The van der Waals surface area contributed by atoms with Gasteiger partial charge in [-0.1, -0.05) is 5.16 Å². The standard InChI is InChI=1S/C21H32N4O4S/c1-21(22)8-6-17(7-9-21)30(27,28)25-15-4-5-16(25)11-14(10-15)23-20(26)18-12-19(29-24-18)13-2-3-13/h12-17H,2-11,22H2,1H3,(H,23,26)/t14-,15+,16-,17?,21?. The Labute approximate surface area is 178 Å². The topological polar surface area (TPSA) is 119 Å². The van der Waals surface area contributed by atoms with Crippen LogP contribution in [0.3, 0.4) is 0 Å². The highest BCUT2D eigenvalue weighted by atomic mass is 32.2. The van der Waals surface area contributed by atoms with Gasteiger partial charge in [-0.05, 0) is 71.1 Å². The number of hydrogen-bond donors (Lipinski definition) is 2. The minimum Gasteiger partial charge on any atom is -0.360 e. The number of aromatic nitrogens is 1. The van der Waals surface area contributed by atoms with E-state index in [1.165, 1.54) is 0 Å². The van der Waals surface area contributed by atoms with Gasteiger partial charge in [0.1, 0.15) is 5.76 Å². The molecule has 3 N–H and O–H groups in total. The van der Waals surface area contributed by atoms with Gasteiger partial charge in [-0.3, -0.25) is 4.79 Å². The molecule has 9 heteroatoms. The molecule has 3 atom stereocenters. The molecular weight excluding hydrogens is 404 g/mol. The van der Waals surface area contributed by atoms with Gasteiger partial charge in [0.25, 0.3) is 5.91 Å². The molecule has 2 bridgehead atoms. The Bertz CT molecular complexity index is 899. The number of fused-ring (bicyclic) bond motifs is 2. The number of amides is 1. The van der Waals surface area contributed by atoms with Crippen LogP contribution in [0.2, 0.25) is 0 Å². The van der Waals surface area contributed by atoms with Gasteiger partial charge in [0.15, 0.2) is 5.69 Å². The van der Waals surface area contributed by atoms with Gasteiger partial charge in [-0.25, -0.2) is 8.42 Å². The highest BCUT2D eigenvalue weighted by molar-refractivity contribution is 7.89. The summed E-state index contributed by atoms with van der Waals surface area (Å²) in [6.45, 7) is 2.01. The minimum absolute atomic E-state index is 0.0235. The molecule has 2 aliphatic carbocycles. The normalized spacial score (nSPS) is 37.3. The first-order valence-electron chi connectivity index (χ1n) is 11.3. The van der Waals surface area contributed by atoms with Crippen molar-refractivity contribution in [3.8, 4) is 0 Å². The van der Waals surface area contributed by atoms with Crippen LogP contribution >= 0.6 is 0 Å². The van der Waals surface area contributed by atoms with Gasteiger partial charge < -0.3 is 15.6 Å². The number of hydrogen-bond acceptors (Lipinski definition) is 6. The summed E-state index contributed by atoms with van der Waals surface area (Å²) in [6.07, 6.45) is 8.03. The quantitative estimate of drug-likeness (QED) is 0.731. The van der Waals surface area contributed by atoms with Crippen molar-refractivity contribution in [2.45, 2.75) is 106 Å². The van der Waals surface area contributed by atoms with Crippen molar-refractivity contribution in [3.63, 3.8) is 0 Å². The van der Waals surface area contributed by atoms with Crippen LogP contribution in [0.1, 0.15) is 93.3 Å². The molecule has 4 fully saturated rings. The van der Waals surface area contributed by atoms with Crippen LogP contribution in [-0.2, 0) is 10.0 Å². The highest BCUT2D eigenvalue weighted by Crippen LogP contribution is 2.42. The average Bonchev–Trinajstić information content (AvgIpc) is 3.34. The molecule has 0 spiro atoms. The SMILES string of the molecule is CC1(N)CCC(S(=O)(=O)N2[C@@H]3CC[C@H]2C[C@@H](NC(=O)c2cc(C4CC4)on2)C3)CC1. The third kappa shape index (κ3) is 3.80. The smallest absolute Gasteiger partial charge is 0.273 e. The first kappa shape index (κ1) is 20.5. The third-order valence-corrected chi connectivity index (χ3v) is 10.0. The maximum atomic E-state index is 13.4. The maximum Gasteiger partial charge on any atom is 0.273 e. The monoisotopic (exact) mass is 436 g/mol. The molecule has 0 unspecified atom stereocenters. The fraction of sp³-hybridized carbons (Fsp3) is 0.810. The molecule has 166 valence electrons. The number of carbonyl (C=O) groups is 1. The Morgan fingerprint density at radius 2 is 1.80 bits per heavy atom. The third-order valence-electron chi connectivity index (χ3n) is 7.53. The summed E-state index contributed by atoms with van der Waals surface area (Å²) < 4.78 is 33.9. The Kier molecular flexibility index (Phi) is 4.98. The molecule has 4 aliphatic rings. The van der Waals surface area contributed by atoms with E-state index in [-0.39, 0.29) is 34.8 Å². The molecule has 8 nitrogen and oxygen atoms in total. The van der Waals surface area contributed by atoms with E-state index >= 15 is 0 Å². The summed E-state index contributed by atoms with van der Waals surface area (Å²) in [7, 11) is -3.34. The zero-order valence-electron chi connectivity index (χ0n) is 17.5. The maximum absolute atomic E-state index is 13.4. The average molecular weight is 437 g/mol. The van der Waals surface area contributed by atoms with Crippen LogP contribution in [-0.4, -0.2) is 52.7 Å². The summed E-state index contributed by atoms with van der Waals surface area (Å²) in [6, 6.07) is 1.67. The first-order chi connectivity index (χ1) is 14.2. The lowest BCUT2D eigenvalue weighted by Gasteiger charge is -2.42. The first-order valence-corrected chi connectivity index (χ1v) is 12.8. The van der Waals surface area contributed by atoms with Gasteiger partial charge in [0.2, 0.25) is 10.0 Å². The minimum atomic E-state index is -3.34. The van der Waals surface area contributed by atoms with Crippen molar-refractivity contribution in [3.05, 3.63) is 17.5 Å². The number of nitrogens with one attached hydrogen (secondary N) is 1. The molecule has 0 radical (unpaired) electrons. The van der Waals surface area contributed by atoms with E-state index in [1.54, 1.807) is 10.4 Å². The Hall–Kier alpha value is -1.45. The van der Waals surface area contributed by atoms with Gasteiger partial charge in [0, 0.05) is 35.6 Å². The molecular formula is C21H32N4O4S. The van der Waals surface area contributed by atoms with Crippen LogP contribution in [0.5, 0.6) is 0 Å². The number of piperidine rings is 1. The lowest BCUT2D eigenvalue weighted by Crippen LogP contribution is -2.55. The van der Waals surface area contributed by atoms with Crippen molar-refractivity contribution in [1.82, 2.24) is 14.8 Å². The fourth-order valence-corrected chi connectivity index (χ4v) is 7.99. The van der Waals surface area contributed by atoms with Crippen LogP contribution in [0.4, 0.5) is 0 Å². The molecule has 1 aromatic rings. The summed E-state index contributed by atoms with van der Waals surface area (Å²) in [5.74, 6) is 0.989. The predicted molar refractivity (Wildman–Crippen MR) is 111 cm³/mol. The number of rotatable bonds is 5. The lowest BCUT2D eigenvalue weighted by atomic mass is 9.84. The van der Waals surface area contributed by atoms with E-state index < -0.39 is 10.0 Å². The summed E-state index contributed by atoms with van der Waals surface area (Å²) in [5, 5.41) is 6.67. The van der Waals surface area contributed by atoms with Crippen molar-refractivity contribution >= 4 is 15.9 Å². The van der Waals surface area contributed by atoms with Crippen LogP contribution in [0.15, 0.2) is 10.6 Å². The number of nitrogens with two attached hydrogens (primary N) is 1. The Morgan fingerprint density at radius 1 is 1.17 bits per heavy atom. The predicted octanol–water partition coefficient (Wildman–Crippen LogP) is 2.27. The van der Waals surface area contributed by atoms with Crippen molar-refractivity contribution in [1.29, 1.82) is 0 Å². The molecule has 5 rings (SSSR count). The van der Waals surface area contributed by atoms with E-state index in [2.05, 4.69) is 10.5 Å². The fourth-order valence-electron chi connectivity index (χ4n) is 5.60. The van der Waals surface area contributed by atoms with E-state index in [1.807, 2.05) is 6.92 Å². The summed E-state index contributed by atoms with van der Waals surface area (Å²) >= 11 is 0. The van der Waals surface area contributed by atoms with Gasteiger partial charge in [-0.2, -0.15) is 4.31 Å². The summed E-state index contributed by atoms with van der Waals surface area (Å²) in [4.78, 5) is 12.6. The van der Waals surface area contributed by atoms with E-state index in [0.29, 0.717) is 37.3 Å². The molecule has 30 heavy (non-hydrogen) atoms. The number of carbonyl (C=O) groups excluding carboxylic acids is 1. The van der Waals surface area contributed by atoms with E-state index in [4.69, 9.17) is 10.3 Å². The van der Waals surface area contributed by atoms with E-state index in [9.17, 15) is 13.2 Å². The van der Waals surface area contributed by atoms with Crippen molar-refractivity contribution in [2.24, 2.45) is 5.73 Å². The Morgan fingerprint density at radius 3 is 2.40 bits per heavy atom. The molecule has 1 aromatic heterocycles. The van der Waals surface area contributed by atoms with Gasteiger partial charge in [-0.15, -0.1) is 0 Å². The Balaban J connectivity index is 1.23. The molecule has 3 heterocycles. The second-order valence-corrected chi connectivity index (χ2v) is 12.3. The zero-order chi connectivity index (χ0) is 21.1. The second kappa shape index (κ2) is 7.31. The second-order valence-electron chi connectivity index (χ2n) is 10.1. The van der Waals surface area contributed by atoms with Crippen LogP contribution < -0.4 is 11.1 Å². The molecule has 2 saturated carbocycles. The molecule has 0 aromatic carbocycles. The van der Waals surface area contributed by atoms with Crippen molar-refractivity contribution < 1.29 is 17.7 Å². The zero-order valence-corrected chi connectivity index (χ0v) is 18.4. The van der Waals surface area contributed by atoms with Gasteiger partial charge in [0.05, 0.1) is 5.25 Å². The lowest BCUT2D eigenvalue weighted by molar-refractivity contribution is 0.0899. The molecule has 1 amide bonds. The number of nitrogens with zero attached hydrogens (tertiary/aromatic N) is 2. The van der Waals surface area contributed by atoms with Crippen molar-refractivity contribution in [2.75, 3.05) is 0 Å².